The maximum absolute atomic E-state index is 10.5. The third-order valence-corrected chi connectivity index (χ3v) is 38.5. The number of ether oxygens (including phenoxy) is 2. The number of hydrogen-bond donors (Lipinski definition) is 1. The number of hydrogen-bond acceptors (Lipinski definition) is 5. The van der Waals surface area contributed by atoms with E-state index in [1.807, 2.05) is 0 Å². The van der Waals surface area contributed by atoms with Crippen molar-refractivity contribution in [3.8, 4) is 0 Å². The van der Waals surface area contributed by atoms with Gasteiger partial charge in [-0.3, -0.25) is 0 Å². The molecule has 0 rings (SSSR count). The second-order valence-corrected chi connectivity index (χ2v) is 47.6. The topological polar surface area (TPSA) is 57.2 Å². The fourth-order valence-electron chi connectivity index (χ4n) is 5.99. The summed E-state index contributed by atoms with van der Waals surface area (Å²) in [5.74, 6) is 0. The van der Waals surface area contributed by atoms with E-state index in [0.717, 1.165) is 25.5 Å². The van der Waals surface area contributed by atoms with Crippen LogP contribution in [0.25, 0.3) is 0 Å². The third kappa shape index (κ3) is 18.2. The summed E-state index contributed by atoms with van der Waals surface area (Å²) in [5, 5.41) is 10.7. The van der Waals surface area contributed by atoms with Crippen molar-refractivity contribution in [3.63, 3.8) is 0 Å². The Kier molecular flexibility index (Phi) is 22.7. The minimum absolute atomic E-state index is 0.0158. The molecule has 0 fully saturated rings. The van der Waals surface area contributed by atoms with E-state index in [9.17, 15) is 5.11 Å². The molecule has 0 saturated heterocycles. The van der Waals surface area contributed by atoms with E-state index in [0.29, 0.717) is 6.79 Å². The Morgan fingerprint density at radius 2 is 1.21 bits per heavy atom. The molecule has 48 heavy (non-hydrogen) atoms. The van der Waals surface area contributed by atoms with Crippen LogP contribution in [0.5, 0.6) is 0 Å². The van der Waals surface area contributed by atoms with Crippen molar-refractivity contribution < 1.29 is 23.4 Å². The zero-order chi connectivity index (χ0) is 37.5. The summed E-state index contributed by atoms with van der Waals surface area (Å²) in [4.78, 5) is 0. The van der Waals surface area contributed by atoms with E-state index in [2.05, 4.69) is 121 Å². The molecular weight excluding hydrogens is 751 g/mol. The van der Waals surface area contributed by atoms with Gasteiger partial charge in [0.25, 0.3) is 0 Å². The molecule has 0 spiro atoms. The van der Waals surface area contributed by atoms with E-state index in [4.69, 9.17) is 18.3 Å². The second kappa shape index (κ2) is 22.3. The van der Waals surface area contributed by atoms with E-state index < -0.39 is 43.1 Å². The van der Waals surface area contributed by atoms with Crippen molar-refractivity contribution >= 4 is 43.1 Å². The third-order valence-electron chi connectivity index (χ3n) is 11.4. The first-order chi connectivity index (χ1) is 21.9. The normalized spacial score (nSPS) is 16.3. The molecule has 9 heteroatoms. The first-order valence-electron chi connectivity index (χ1n) is 19.8. The second-order valence-electron chi connectivity index (χ2n) is 19.1. The molecule has 0 bridgehead atoms. The number of rotatable bonds is 26. The van der Waals surface area contributed by atoms with Gasteiger partial charge in [0.15, 0.2) is 0 Å². The van der Waals surface area contributed by atoms with Gasteiger partial charge in [0.1, 0.15) is 0 Å². The maximum atomic E-state index is 10.5. The van der Waals surface area contributed by atoms with Crippen LogP contribution in [0.1, 0.15) is 121 Å². The monoisotopic (exact) mass is 838 g/mol. The summed E-state index contributed by atoms with van der Waals surface area (Å²) in [6.45, 7) is 41.0. The van der Waals surface area contributed by atoms with Crippen molar-refractivity contribution in [1.82, 2.24) is 0 Å². The number of aliphatic hydroxyl groups excluding tert-OH is 1. The fourth-order valence-corrected chi connectivity index (χ4v) is 26.6. The quantitative estimate of drug-likeness (QED) is 0.0534. The van der Waals surface area contributed by atoms with Gasteiger partial charge in [-0.15, -0.1) is 0 Å². The molecule has 3 atom stereocenters. The van der Waals surface area contributed by atoms with Gasteiger partial charge in [-0.05, 0) is 0 Å². The average molecular weight is 838 g/mol. The standard InChI is InChI=1S/C27H59O5Si3.3C4H9.Sn/c1-23(31-34(11,12)26(2,3)4)25(30-22-29-19-20-33(8,9)10)21-24(17-15-16-18-28)32-35(13,14)27(5,6)7;3*1-3-4-2;/h16,23-25,28H,17-22H2,1-14H3;3*1,3-4H2,2H3;/t23-,24+,25-;;;;/m1..../s1. The molecule has 0 heterocycles. The van der Waals surface area contributed by atoms with Crippen LogP contribution in [-0.2, 0) is 18.3 Å². The number of aliphatic hydroxyl groups is 1. The molecular formula is C39H86O5Si3Sn. The Morgan fingerprint density at radius 3 is 1.60 bits per heavy atom. The van der Waals surface area contributed by atoms with Crippen molar-refractivity contribution in [3.05, 3.63) is 9.67 Å². The Bertz CT molecular complexity index is 868. The Balaban J connectivity index is 6.88. The number of unbranched alkanes of at least 4 members (excludes halogenated alkanes) is 3. The molecule has 0 radical (unpaired) electrons. The van der Waals surface area contributed by atoms with E-state index in [1.165, 1.54) is 51.8 Å². The molecule has 0 aromatic rings. The van der Waals surface area contributed by atoms with Gasteiger partial charge in [-0.1, -0.05) is 0 Å². The Morgan fingerprint density at radius 1 is 0.750 bits per heavy atom. The van der Waals surface area contributed by atoms with E-state index in [-0.39, 0.29) is 35.0 Å². The molecule has 0 aliphatic rings. The first kappa shape index (κ1) is 49.0. The Hall–Kier alpha value is 0.989. The fraction of sp³-hybridized carbons (Fsp3) is 0.949. The summed E-state index contributed by atoms with van der Waals surface area (Å²) in [7, 11) is -5.35. The SMILES string of the molecule is CCC[CH2][Sn]([CH2]CCC)([CH2]CCC)/[C](=C/CO)C[C@@H](C[C@@H](OCOCC[Si](C)(C)C)[C@@H](C)O[Si](C)(C)C(C)(C)C)O[Si](C)(C)C(C)(C)C. The predicted octanol–water partition coefficient (Wildman–Crippen LogP) is 12.6. The molecule has 0 aliphatic carbocycles. The van der Waals surface area contributed by atoms with Crippen molar-refractivity contribution in [2.45, 2.75) is 214 Å². The molecule has 0 amide bonds. The van der Waals surface area contributed by atoms with Crippen LogP contribution in [0.4, 0.5) is 0 Å². The molecule has 288 valence electrons. The molecule has 0 aliphatic heterocycles. The van der Waals surface area contributed by atoms with E-state index >= 15 is 0 Å². The van der Waals surface area contributed by atoms with Gasteiger partial charge in [0.05, 0.1) is 0 Å². The molecule has 1 N–H and O–H groups in total. The summed E-state index contributed by atoms with van der Waals surface area (Å²) >= 11 is -2.83. The van der Waals surface area contributed by atoms with Crippen LogP contribution in [0, 0.1) is 0 Å². The van der Waals surface area contributed by atoms with Gasteiger partial charge in [-0.2, -0.15) is 0 Å². The molecule has 0 aromatic heterocycles. The molecule has 0 unspecified atom stereocenters. The Labute approximate surface area is 308 Å². The average Bonchev–Trinajstić information content (AvgIpc) is 2.93. The van der Waals surface area contributed by atoms with Crippen molar-refractivity contribution in [2.24, 2.45) is 0 Å². The molecule has 5 nitrogen and oxygen atoms in total. The van der Waals surface area contributed by atoms with Gasteiger partial charge in [0, 0.05) is 0 Å². The summed E-state index contributed by atoms with van der Waals surface area (Å²) < 4.78 is 33.1. The van der Waals surface area contributed by atoms with Gasteiger partial charge in [0.2, 0.25) is 0 Å². The predicted molar refractivity (Wildman–Crippen MR) is 223 cm³/mol. The molecule has 0 aromatic carbocycles. The first-order valence-corrected chi connectivity index (χ1v) is 36.8. The zero-order valence-electron chi connectivity index (χ0n) is 35.5. The van der Waals surface area contributed by atoms with Crippen LogP contribution in [0.2, 0.25) is 75.3 Å². The van der Waals surface area contributed by atoms with Gasteiger partial charge >= 0.3 is 310 Å². The van der Waals surface area contributed by atoms with E-state index in [1.54, 1.807) is 3.59 Å². The summed E-state index contributed by atoms with van der Waals surface area (Å²) in [6, 6.07) is 1.13. The molecule has 0 saturated carbocycles. The summed E-state index contributed by atoms with van der Waals surface area (Å²) in [6.07, 6.45) is 11.4. The van der Waals surface area contributed by atoms with Crippen LogP contribution in [0.15, 0.2) is 9.67 Å². The summed E-state index contributed by atoms with van der Waals surface area (Å²) in [5.41, 5.74) is 0. The van der Waals surface area contributed by atoms with Crippen LogP contribution in [-0.4, -0.2) is 86.5 Å². The van der Waals surface area contributed by atoms with Gasteiger partial charge in [-0.25, -0.2) is 0 Å². The van der Waals surface area contributed by atoms with Crippen LogP contribution < -0.4 is 0 Å². The minimum atomic E-state index is -2.83. The van der Waals surface area contributed by atoms with Crippen LogP contribution >= 0.6 is 0 Å². The van der Waals surface area contributed by atoms with Crippen molar-refractivity contribution in [1.29, 1.82) is 0 Å². The van der Waals surface area contributed by atoms with Gasteiger partial charge < -0.3 is 0 Å². The zero-order valence-corrected chi connectivity index (χ0v) is 41.4. The van der Waals surface area contributed by atoms with Crippen LogP contribution in [0.3, 0.4) is 0 Å². The van der Waals surface area contributed by atoms with Crippen molar-refractivity contribution in [2.75, 3.05) is 20.0 Å².